The molecule has 0 nitrogen and oxygen atoms in total. The van der Waals surface area contributed by atoms with Crippen molar-refractivity contribution >= 4 is 0 Å². The molecular weight excluding hydrogens is 480 g/mol. The first kappa shape index (κ1) is 33.5. The average Bonchev–Trinajstić information content (AvgIpc) is 2.85. The third-order valence-corrected chi connectivity index (χ3v) is 8.70. The quantitative estimate of drug-likeness (QED) is 0.164. The molecule has 216 valence electrons. The summed E-state index contributed by atoms with van der Waals surface area (Å²) < 4.78 is 0. The highest BCUT2D eigenvalue weighted by atomic mass is 14.3. The van der Waals surface area contributed by atoms with Crippen LogP contribution < -0.4 is 0 Å². The van der Waals surface area contributed by atoms with Gasteiger partial charge in [-0.3, -0.25) is 0 Å². The highest BCUT2D eigenvalue weighted by Gasteiger charge is 2.28. The minimum absolute atomic E-state index is 0.247. The van der Waals surface area contributed by atoms with Crippen LogP contribution in [0.4, 0.5) is 0 Å². The Kier molecular flexibility index (Phi) is 13.3. The van der Waals surface area contributed by atoms with Crippen molar-refractivity contribution < 1.29 is 0 Å². The van der Waals surface area contributed by atoms with Gasteiger partial charge in [0, 0.05) is 12.3 Å². The number of rotatable bonds is 8. The molecule has 0 amide bonds. The van der Waals surface area contributed by atoms with E-state index in [1.807, 2.05) is 6.08 Å². The topological polar surface area (TPSA) is 0 Å². The van der Waals surface area contributed by atoms with E-state index in [9.17, 15) is 0 Å². The standard InChI is InChI=1S/C40H56/c1-31(19-13-21-33(3)25-27-37-35(5)23-15-29-39(37,7)8)17-11-12-18-32(2)20-14-22-34(4)26-28-38-36(6)24-16-30-40(38,9)10/h14,17,20-22,25,27,32H,11,15-16,23-24,26,28-30H2,1-10H3/b20-14?,27-25+,31-17+,33-21+,34-22+. The summed E-state index contributed by atoms with van der Waals surface area (Å²) in [6, 6.07) is 0. The van der Waals surface area contributed by atoms with E-state index in [4.69, 9.17) is 0 Å². The summed E-state index contributed by atoms with van der Waals surface area (Å²) in [6.45, 7) is 22.8. The van der Waals surface area contributed by atoms with Gasteiger partial charge >= 0.3 is 0 Å². The first-order valence-electron chi connectivity index (χ1n) is 15.6. The molecule has 0 aromatic heterocycles. The highest BCUT2D eigenvalue weighted by Crippen LogP contribution is 2.43. The summed E-state index contributed by atoms with van der Waals surface area (Å²) in [6.07, 6.45) is 26.1. The lowest BCUT2D eigenvalue weighted by atomic mass is 9.71. The van der Waals surface area contributed by atoms with Gasteiger partial charge in [-0.25, -0.2) is 0 Å². The van der Waals surface area contributed by atoms with E-state index in [-0.39, 0.29) is 11.3 Å². The van der Waals surface area contributed by atoms with Gasteiger partial charge in [0.1, 0.15) is 0 Å². The lowest BCUT2D eigenvalue weighted by Gasteiger charge is -2.34. The van der Waals surface area contributed by atoms with Crippen molar-refractivity contribution in [1.82, 2.24) is 0 Å². The molecule has 2 rings (SSSR count). The molecule has 0 bridgehead atoms. The predicted octanol–water partition coefficient (Wildman–Crippen LogP) is 11.8. The molecule has 0 radical (unpaired) electrons. The fourth-order valence-electron chi connectivity index (χ4n) is 6.08. The van der Waals surface area contributed by atoms with Crippen LogP contribution in [0.3, 0.4) is 0 Å². The second kappa shape index (κ2) is 15.9. The maximum absolute atomic E-state index is 3.35. The third kappa shape index (κ3) is 11.4. The molecule has 0 spiro atoms. The molecule has 0 aromatic carbocycles. The molecule has 0 aromatic rings. The van der Waals surface area contributed by atoms with Crippen LogP contribution in [0.15, 0.2) is 81.5 Å². The summed E-state index contributed by atoms with van der Waals surface area (Å²) in [5.74, 6) is 13.4. The molecule has 0 heteroatoms. The Hall–Kier alpha value is -2.70. The second-order valence-electron chi connectivity index (χ2n) is 13.5. The lowest BCUT2D eigenvalue weighted by molar-refractivity contribution is 0.354. The van der Waals surface area contributed by atoms with Crippen LogP contribution in [0.25, 0.3) is 0 Å². The summed E-state index contributed by atoms with van der Waals surface area (Å²) in [7, 11) is 0. The summed E-state index contributed by atoms with van der Waals surface area (Å²) in [5.41, 5.74) is 10.7. The molecule has 2 aliphatic rings. The monoisotopic (exact) mass is 536 g/mol. The zero-order chi connectivity index (χ0) is 29.8. The molecule has 0 fully saturated rings. The van der Waals surface area contributed by atoms with E-state index in [1.165, 1.54) is 67.2 Å². The molecular formula is C40H56. The Morgan fingerprint density at radius 1 is 0.950 bits per heavy atom. The SMILES string of the molecule is CC1=C(/C=C/C(C)=C/C#C/C(C)=C/CC#CC(C)C=C/C=C(\C)CCC2=C(C)CCCC2(C)C)C(C)(C)CCC1. The Morgan fingerprint density at radius 3 is 2.30 bits per heavy atom. The molecule has 0 N–H and O–H groups in total. The summed E-state index contributed by atoms with van der Waals surface area (Å²) in [5, 5.41) is 0. The van der Waals surface area contributed by atoms with Crippen molar-refractivity contribution in [2.75, 3.05) is 0 Å². The number of allylic oxidation sites excluding steroid dienone is 14. The first-order chi connectivity index (χ1) is 18.8. The average molecular weight is 537 g/mol. The third-order valence-electron chi connectivity index (χ3n) is 8.70. The fraction of sp³-hybridized carbons (Fsp3) is 0.550. The van der Waals surface area contributed by atoms with Gasteiger partial charge < -0.3 is 0 Å². The minimum atomic E-state index is 0.247. The van der Waals surface area contributed by atoms with E-state index < -0.39 is 0 Å². The van der Waals surface area contributed by atoms with Gasteiger partial charge in [-0.2, -0.15) is 0 Å². The Morgan fingerprint density at radius 2 is 1.62 bits per heavy atom. The Balaban J connectivity index is 1.82. The van der Waals surface area contributed by atoms with Crippen molar-refractivity contribution in [3.05, 3.63) is 81.5 Å². The maximum atomic E-state index is 3.35. The van der Waals surface area contributed by atoms with Gasteiger partial charge in [-0.1, -0.05) is 110 Å². The number of hydrogen-bond donors (Lipinski definition) is 0. The highest BCUT2D eigenvalue weighted by molar-refractivity contribution is 5.39. The van der Waals surface area contributed by atoms with Crippen LogP contribution in [0, 0.1) is 40.4 Å². The first-order valence-corrected chi connectivity index (χ1v) is 15.6. The van der Waals surface area contributed by atoms with Gasteiger partial charge in [0.05, 0.1) is 0 Å². The predicted molar refractivity (Wildman–Crippen MR) is 179 cm³/mol. The summed E-state index contributed by atoms with van der Waals surface area (Å²) >= 11 is 0. The molecule has 0 aliphatic heterocycles. The molecule has 1 unspecified atom stereocenters. The minimum Gasteiger partial charge on any atom is -0.0985 e. The zero-order valence-corrected chi connectivity index (χ0v) is 27.5. The van der Waals surface area contributed by atoms with Gasteiger partial charge in [0.2, 0.25) is 0 Å². The molecule has 0 heterocycles. The fourth-order valence-corrected chi connectivity index (χ4v) is 6.08. The number of hydrogen-bond acceptors (Lipinski definition) is 0. The van der Waals surface area contributed by atoms with Crippen LogP contribution in [0.1, 0.15) is 127 Å². The van der Waals surface area contributed by atoms with E-state index in [2.05, 4.69) is 129 Å². The largest absolute Gasteiger partial charge is 0.0985 e. The molecule has 2 aliphatic carbocycles. The normalized spacial score (nSPS) is 20.9. The van der Waals surface area contributed by atoms with Crippen LogP contribution in [-0.4, -0.2) is 0 Å². The van der Waals surface area contributed by atoms with Gasteiger partial charge in [-0.15, -0.1) is 0 Å². The van der Waals surface area contributed by atoms with E-state index in [0.29, 0.717) is 5.41 Å². The molecule has 0 saturated carbocycles. The lowest BCUT2D eigenvalue weighted by Crippen LogP contribution is -2.20. The van der Waals surface area contributed by atoms with Crippen molar-refractivity contribution in [2.45, 2.75) is 127 Å². The Labute approximate surface area is 248 Å². The smallest absolute Gasteiger partial charge is 0.0357 e. The van der Waals surface area contributed by atoms with Gasteiger partial charge in [0.25, 0.3) is 0 Å². The van der Waals surface area contributed by atoms with E-state index in [1.54, 1.807) is 11.1 Å². The van der Waals surface area contributed by atoms with Crippen molar-refractivity contribution in [3.63, 3.8) is 0 Å². The van der Waals surface area contributed by atoms with Gasteiger partial charge in [0.15, 0.2) is 0 Å². The van der Waals surface area contributed by atoms with Crippen molar-refractivity contribution in [3.8, 4) is 23.7 Å². The van der Waals surface area contributed by atoms with Crippen LogP contribution in [0.2, 0.25) is 0 Å². The zero-order valence-electron chi connectivity index (χ0n) is 27.5. The molecule has 40 heavy (non-hydrogen) atoms. The second-order valence-corrected chi connectivity index (χ2v) is 13.5. The van der Waals surface area contributed by atoms with E-state index in [0.717, 1.165) is 18.4 Å². The Bertz CT molecular complexity index is 1220. The molecule has 1 atom stereocenters. The maximum Gasteiger partial charge on any atom is 0.0357 e. The summed E-state index contributed by atoms with van der Waals surface area (Å²) in [4.78, 5) is 0. The van der Waals surface area contributed by atoms with Crippen LogP contribution >= 0.6 is 0 Å². The molecule has 0 saturated heterocycles. The van der Waals surface area contributed by atoms with Crippen molar-refractivity contribution in [2.24, 2.45) is 16.7 Å². The van der Waals surface area contributed by atoms with Crippen molar-refractivity contribution in [1.29, 1.82) is 0 Å². The van der Waals surface area contributed by atoms with Gasteiger partial charge in [-0.05, 0) is 127 Å². The van der Waals surface area contributed by atoms with Crippen LogP contribution in [0.5, 0.6) is 0 Å². The van der Waals surface area contributed by atoms with E-state index >= 15 is 0 Å². The van der Waals surface area contributed by atoms with Crippen LogP contribution in [-0.2, 0) is 0 Å².